The molecule has 0 spiro atoms. The first-order chi connectivity index (χ1) is 12.6. The number of para-hydroxylation sites is 2. The first-order valence-corrected chi connectivity index (χ1v) is 8.68. The molecule has 2 heteroatoms. The second-order valence-corrected chi connectivity index (χ2v) is 6.19. The van der Waals surface area contributed by atoms with Crippen LogP contribution in [0, 0.1) is 6.92 Å². The highest BCUT2D eigenvalue weighted by Gasteiger charge is 2.16. The van der Waals surface area contributed by atoms with Gasteiger partial charge in [-0.15, -0.1) is 0 Å². The summed E-state index contributed by atoms with van der Waals surface area (Å²) in [6.45, 7) is 14.2. The Kier molecular flexibility index (Phi) is 5.04. The zero-order chi connectivity index (χ0) is 18.7. The van der Waals surface area contributed by atoms with Crippen LogP contribution in [0.3, 0.4) is 0 Å². The SMILES string of the molecule is C=C/C(=C\C)C(C)=Nc1ccccc1C(=C)c1oc2ccccc2c1C. The molecule has 1 aromatic heterocycles. The van der Waals surface area contributed by atoms with Crippen LogP contribution in [0.1, 0.15) is 30.7 Å². The summed E-state index contributed by atoms with van der Waals surface area (Å²) in [6.07, 6.45) is 3.83. The van der Waals surface area contributed by atoms with E-state index in [0.717, 1.165) is 50.4 Å². The average molecular weight is 341 g/mol. The zero-order valence-corrected chi connectivity index (χ0v) is 15.5. The lowest BCUT2D eigenvalue weighted by molar-refractivity contribution is 0.597. The van der Waals surface area contributed by atoms with Gasteiger partial charge >= 0.3 is 0 Å². The molecule has 0 saturated heterocycles. The zero-order valence-electron chi connectivity index (χ0n) is 15.5. The van der Waals surface area contributed by atoms with E-state index in [2.05, 4.69) is 26.1 Å². The molecule has 0 saturated carbocycles. The van der Waals surface area contributed by atoms with Gasteiger partial charge in [0, 0.05) is 27.8 Å². The Hall–Kier alpha value is -3.13. The van der Waals surface area contributed by atoms with Crippen molar-refractivity contribution in [1.82, 2.24) is 0 Å². The molecule has 0 bridgehead atoms. The van der Waals surface area contributed by atoms with Gasteiger partial charge < -0.3 is 4.42 Å². The number of nitrogens with zero attached hydrogens (tertiary/aromatic N) is 1. The van der Waals surface area contributed by atoms with Gasteiger partial charge in [0.1, 0.15) is 11.3 Å². The van der Waals surface area contributed by atoms with Crippen molar-refractivity contribution in [2.24, 2.45) is 4.99 Å². The molecule has 0 amide bonds. The quantitative estimate of drug-likeness (QED) is 0.361. The molecule has 3 aromatic rings. The third kappa shape index (κ3) is 3.18. The van der Waals surface area contributed by atoms with Crippen molar-refractivity contribution in [1.29, 1.82) is 0 Å². The molecule has 0 radical (unpaired) electrons. The lowest BCUT2D eigenvalue weighted by Gasteiger charge is -2.09. The summed E-state index contributed by atoms with van der Waals surface area (Å²) < 4.78 is 6.09. The lowest BCUT2D eigenvalue weighted by atomic mass is 10.00. The van der Waals surface area contributed by atoms with Gasteiger partial charge in [-0.05, 0) is 38.5 Å². The highest BCUT2D eigenvalue weighted by atomic mass is 16.3. The highest BCUT2D eigenvalue weighted by Crippen LogP contribution is 2.36. The van der Waals surface area contributed by atoms with E-state index >= 15 is 0 Å². The molecule has 2 nitrogen and oxygen atoms in total. The largest absolute Gasteiger partial charge is 0.456 e. The van der Waals surface area contributed by atoms with Crippen molar-refractivity contribution in [2.75, 3.05) is 0 Å². The fourth-order valence-corrected chi connectivity index (χ4v) is 3.13. The molecule has 2 aromatic carbocycles. The Morgan fingerprint density at radius 3 is 2.46 bits per heavy atom. The van der Waals surface area contributed by atoms with Gasteiger partial charge in [-0.3, -0.25) is 4.99 Å². The molecule has 1 heterocycles. The van der Waals surface area contributed by atoms with Gasteiger partial charge in [-0.25, -0.2) is 0 Å². The monoisotopic (exact) mass is 341 g/mol. The van der Waals surface area contributed by atoms with E-state index in [4.69, 9.17) is 9.41 Å². The highest BCUT2D eigenvalue weighted by molar-refractivity contribution is 6.03. The van der Waals surface area contributed by atoms with Crippen molar-refractivity contribution < 1.29 is 4.42 Å². The molecule has 0 fully saturated rings. The fourth-order valence-electron chi connectivity index (χ4n) is 3.13. The van der Waals surface area contributed by atoms with E-state index in [0.29, 0.717) is 0 Å². The molecular formula is C24H23NO. The van der Waals surface area contributed by atoms with Crippen molar-refractivity contribution in [3.63, 3.8) is 0 Å². The Morgan fingerprint density at radius 1 is 1.08 bits per heavy atom. The Balaban J connectivity index is 2.10. The first kappa shape index (κ1) is 17.7. The summed E-state index contributed by atoms with van der Waals surface area (Å²) in [5.41, 5.74) is 6.59. The molecule has 0 aliphatic carbocycles. The summed E-state index contributed by atoms with van der Waals surface area (Å²) in [5, 5.41) is 1.11. The van der Waals surface area contributed by atoms with Gasteiger partial charge in [-0.2, -0.15) is 0 Å². The van der Waals surface area contributed by atoms with E-state index in [1.807, 2.05) is 68.5 Å². The summed E-state index contributed by atoms with van der Waals surface area (Å²) in [4.78, 5) is 4.81. The van der Waals surface area contributed by atoms with Gasteiger partial charge in [0.15, 0.2) is 0 Å². The van der Waals surface area contributed by atoms with Crippen LogP contribution in [0.15, 0.2) is 88.8 Å². The third-order valence-corrected chi connectivity index (χ3v) is 4.58. The van der Waals surface area contributed by atoms with E-state index in [1.165, 1.54) is 0 Å². The van der Waals surface area contributed by atoms with Crippen molar-refractivity contribution in [3.8, 4) is 0 Å². The van der Waals surface area contributed by atoms with Crippen LogP contribution in [-0.2, 0) is 0 Å². The number of aryl methyl sites for hydroxylation is 1. The maximum absolute atomic E-state index is 6.09. The Labute approximate surface area is 154 Å². The van der Waals surface area contributed by atoms with E-state index in [9.17, 15) is 0 Å². The Morgan fingerprint density at radius 2 is 1.77 bits per heavy atom. The number of furan rings is 1. The maximum Gasteiger partial charge on any atom is 0.138 e. The van der Waals surface area contributed by atoms with Crippen molar-refractivity contribution in [2.45, 2.75) is 20.8 Å². The molecule has 0 unspecified atom stereocenters. The van der Waals surface area contributed by atoms with Gasteiger partial charge in [0.2, 0.25) is 0 Å². The number of aliphatic imine (C=N–C) groups is 1. The fraction of sp³-hybridized carbons (Fsp3) is 0.125. The summed E-state index contributed by atoms with van der Waals surface area (Å²) >= 11 is 0. The van der Waals surface area contributed by atoms with Crippen LogP contribution in [0.25, 0.3) is 16.5 Å². The molecule has 130 valence electrons. The van der Waals surface area contributed by atoms with E-state index in [-0.39, 0.29) is 0 Å². The topological polar surface area (TPSA) is 25.5 Å². The molecule has 0 aliphatic rings. The van der Waals surface area contributed by atoms with Crippen LogP contribution in [0.4, 0.5) is 5.69 Å². The standard InChI is InChI=1S/C24H23NO/c1-6-19(7-2)18(5)25-22-14-10-8-12-20(22)16(3)24-17(4)21-13-9-11-15-23(21)26-24/h6-15H,1,3H2,2,4-5H3/b19-7+,25-18?. The molecule has 3 rings (SSSR count). The van der Waals surface area contributed by atoms with E-state index < -0.39 is 0 Å². The number of hydrogen-bond donors (Lipinski definition) is 0. The molecule has 0 aliphatic heterocycles. The van der Waals surface area contributed by atoms with Crippen LogP contribution in [0.2, 0.25) is 0 Å². The average Bonchev–Trinajstić information content (AvgIpc) is 3.00. The van der Waals surface area contributed by atoms with E-state index in [1.54, 1.807) is 0 Å². The van der Waals surface area contributed by atoms with Crippen molar-refractivity contribution in [3.05, 3.63) is 96.3 Å². The number of hydrogen-bond acceptors (Lipinski definition) is 2. The molecule has 0 N–H and O–H groups in total. The van der Waals surface area contributed by atoms with Crippen LogP contribution in [0.5, 0.6) is 0 Å². The minimum atomic E-state index is 0.807. The second-order valence-electron chi connectivity index (χ2n) is 6.19. The Bertz CT molecular complexity index is 1050. The first-order valence-electron chi connectivity index (χ1n) is 8.68. The predicted molar refractivity (Wildman–Crippen MR) is 112 cm³/mol. The van der Waals surface area contributed by atoms with Crippen LogP contribution in [-0.4, -0.2) is 5.71 Å². The predicted octanol–water partition coefficient (Wildman–Crippen LogP) is 7.03. The number of rotatable bonds is 5. The minimum Gasteiger partial charge on any atom is -0.456 e. The summed E-state index contributed by atoms with van der Waals surface area (Å²) in [5.74, 6) is 0.807. The number of fused-ring (bicyclic) bond motifs is 1. The number of benzene rings is 2. The third-order valence-electron chi connectivity index (χ3n) is 4.58. The summed E-state index contributed by atoms with van der Waals surface area (Å²) in [7, 11) is 0. The van der Waals surface area contributed by atoms with Crippen molar-refractivity contribution >= 4 is 27.9 Å². The van der Waals surface area contributed by atoms with Crippen LogP contribution >= 0.6 is 0 Å². The molecular weight excluding hydrogens is 318 g/mol. The maximum atomic E-state index is 6.09. The minimum absolute atomic E-state index is 0.807. The van der Waals surface area contributed by atoms with Gasteiger partial charge in [0.25, 0.3) is 0 Å². The smallest absolute Gasteiger partial charge is 0.138 e. The van der Waals surface area contributed by atoms with Gasteiger partial charge in [0.05, 0.1) is 5.69 Å². The molecule has 26 heavy (non-hydrogen) atoms. The second kappa shape index (κ2) is 7.40. The normalized spacial score (nSPS) is 12.4. The number of allylic oxidation sites excluding steroid dienone is 3. The van der Waals surface area contributed by atoms with Crippen LogP contribution < -0.4 is 0 Å². The summed E-state index contributed by atoms with van der Waals surface area (Å²) in [6, 6.07) is 16.1. The van der Waals surface area contributed by atoms with Gasteiger partial charge in [-0.1, -0.05) is 61.7 Å². The molecule has 0 atom stereocenters. The lowest BCUT2D eigenvalue weighted by Crippen LogP contribution is -1.95.